The van der Waals surface area contributed by atoms with Gasteiger partial charge in [-0.25, -0.2) is 8.78 Å². The number of benzene rings is 1. The molecular formula is C10H7F2NO. The van der Waals surface area contributed by atoms with Gasteiger partial charge in [0.1, 0.15) is 6.61 Å². The van der Waals surface area contributed by atoms with E-state index in [2.05, 4.69) is 6.58 Å². The molecule has 0 saturated heterocycles. The van der Waals surface area contributed by atoms with Crippen molar-refractivity contribution in [2.75, 3.05) is 6.61 Å². The van der Waals surface area contributed by atoms with E-state index in [1.165, 1.54) is 6.08 Å². The van der Waals surface area contributed by atoms with Gasteiger partial charge in [-0.2, -0.15) is 5.26 Å². The topological polar surface area (TPSA) is 33.0 Å². The number of hydrogen-bond donors (Lipinski definition) is 0. The minimum atomic E-state index is -0.886. The lowest BCUT2D eigenvalue weighted by Gasteiger charge is -2.05. The second kappa shape index (κ2) is 4.38. The predicted molar refractivity (Wildman–Crippen MR) is 46.8 cm³/mol. The lowest BCUT2D eigenvalue weighted by Crippen LogP contribution is -1.99. The van der Waals surface area contributed by atoms with E-state index in [1.807, 2.05) is 0 Å². The van der Waals surface area contributed by atoms with Crippen molar-refractivity contribution in [3.63, 3.8) is 0 Å². The summed E-state index contributed by atoms with van der Waals surface area (Å²) in [6.45, 7) is 3.36. The normalized spacial score (nSPS) is 9.21. The molecule has 0 aliphatic rings. The first-order valence-electron chi connectivity index (χ1n) is 3.82. The molecule has 0 atom stereocenters. The Morgan fingerprint density at radius 3 is 2.43 bits per heavy atom. The zero-order valence-electron chi connectivity index (χ0n) is 7.26. The molecule has 0 radical (unpaired) electrons. The third-order valence-corrected chi connectivity index (χ3v) is 1.47. The van der Waals surface area contributed by atoms with Crippen LogP contribution in [0.5, 0.6) is 5.75 Å². The number of ether oxygens (including phenoxy) is 1. The zero-order chi connectivity index (χ0) is 10.6. The number of halogens is 2. The van der Waals surface area contributed by atoms with E-state index in [-0.39, 0.29) is 12.2 Å². The lowest BCUT2D eigenvalue weighted by atomic mass is 10.2. The second-order valence-corrected chi connectivity index (χ2v) is 2.48. The largest absolute Gasteiger partial charge is 0.483 e. The molecule has 0 heterocycles. The Kier molecular flexibility index (Phi) is 3.19. The van der Waals surface area contributed by atoms with Gasteiger partial charge in [-0.05, 0) is 12.1 Å². The maximum absolute atomic E-state index is 13.1. The minimum absolute atomic E-state index is 0.0136. The molecule has 0 unspecified atom stereocenters. The van der Waals surface area contributed by atoms with Gasteiger partial charge in [-0.15, -0.1) is 0 Å². The number of nitriles is 1. The minimum Gasteiger partial charge on any atom is -0.483 e. The smallest absolute Gasteiger partial charge is 0.191 e. The van der Waals surface area contributed by atoms with Crippen LogP contribution in [0.2, 0.25) is 0 Å². The number of rotatable bonds is 3. The van der Waals surface area contributed by atoms with Crippen LogP contribution in [-0.2, 0) is 0 Å². The summed E-state index contributed by atoms with van der Waals surface area (Å²) in [5.41, 5.74) is -0.0778. The van der Waals surface area contributed by atoms with Gasteiger partial charge in [-0.3, -0.25) is 0 Å². The van der Waals surface area contributed by atoms with Crippen LogP contribution in [-0.4, -0.2) is 6.61 Å². The van der Waals surface area contributed by atoms with Gasteiger partial charge in [0, 0.05) is 0 Å². The Morgan fingerprint density at radius 2 is 2.00 bits per heavy atom. The summed E-state index contributed by atoms with van der Waals surface area (Å²) in [6, 6.07) is 3.47. The van der Waals surface area contributed by atoms with Crippen LogP contribution in [0.25, 0.3) is 0 Å². The Balaban J connectivity index is 3.06. The quantitative estimate of drug-likeness (QED) is 0.694. The Bertz CT molecular complexity index is 373. The van der Waals surface area contributed by atoms with E-state index in [0.717, 1.165) is 12.1 Å². The maximum Gasteiger partial charge on any atom is 0.191 e. The molecule has 0 amide bonds. The molecule has 0 bridgehead atoms. The molecule has 0 saturated carbocycles. The molecule has 0 aromatic heterocycles. The van der Waals surface area contributed by atoms with E-state index < -0.39 is 17.4 Å². The molecule has 4 heteroatoms. The van der Waals surface area contributed by atoms with E-state index in [0.29, 0.717) is 0 Å². The van der Waals surface area contributed by atoms with Crippen LogP contribution in [0.1, 0.15) is 5.56 Å². The Labute approximate surface area is 80.0 Å². The highest BCUT2D eigenvalue weighted by atomic mass is 19.1. The summed E-state index contributed by atoms with van der Waals surface area (Å²) in [6.07, 6.45) is 1.37. The highest BCUT2D eigenvalue weighted by Crippen LogP contribution is 2.22. The van der Waals surface area contributed by atoms with E-state index in [9.17, 15) is 8.78 Å². The van der Waals surface area contributed by atoms with Gasteiger partial charge in [0.15, 0.2) is 17.4 Å². The third kappa shape index (κ3) is 2.07. The molecular weight excluding hydrogens is 188 g/mol. The summed E-state index contributed by atoms with van der Waals surface area (Å²) < 4.78 is 30.9. The monoisotopic (exact) mass is 195 g/mol. The molecule has 0 N–H and O–H groups in total. The third-order valence-electron chi connectivity index (χ3n) is 1.47. The molecule has 1 rings (SSSR count). The fraction of sp³-hybridized carbons (Fsp3) is 0.100. The second-order valence-electron chi connectivity index (χ2n) is 2.48. The molecule has 0 aliphatic heterocycles. The highest BCUT2D eigenvalue weighted by Gasteiger charge is 2.11. The van der Waals surface area contributed by atoms with E-state index in [1.54, 1.807) is 6.07 Å². The fourth-order valence-electron chi connectivity index (χ4n) is 0.905. The number of hydrogen-bond acceptors (Lipinski definition) is 2. The molecule has 0 spiro atoms. The molecule has 1 aromatic carbocycles. The van der Waals surface area contributed by atoms with Gasteiger partial charge in [0.25, 0.3) is 0 Å². The molecule has 2 nitrogen and oxygen atoms in total. The first kappa shape index (κ1) is 10.2. The SMILES string of the molecule is C=CCOc1c(F)cc(C#N)cc1F. The summed E-state index contributed by atoms with van der Waals surface area (Å²) in [7, 11) is 0. The van der Waals surface area contributed by atoms with Crippen LogP contribution in [0.15, 0.2) is 24.8 Å². The zero-order valence-corrected chi connectivity index (χ0v) is 7.26. The molecule has 0 aliphatic carbocycles. The van der Waals surface area contributed by atoms with Crippen molar-refractivity contribution in [2.45, 2.75) is 0 Å². The first-order chi connectivity index (χ1) is 6.69. The summed E-state index contributed by atoms with van der Waals surface area (Å²) in [5.74, 6) is -2.25. The standard InChI is InChI=1S/C10H7F2NO/c1-2-3-14-10-8(11)4-7(6-13)5-9(10)12/h2,4-5H,1,3H2. The van der Waals surface area contributed by atoms with Gasteiger partial charge in [-0.1, -0.05) is 12.7 Å². The molecule has 0 fully saturated rings. The van der Waals surface area contributed by atoms with E-state index in [4.69, 9.17) is 10.00 Å². The predicted octanol–water partition coefficient (Wildman–Crippen LogP) is 2.40. The van der Waals surface area contributed by atoms with Crippen LogP contribution in [0.4, 0.5) is 8.78 Å². The Morgan fingerprint density at radius 1 is 1.43 bits per heavy atom. The van der Waals surface area contributed by atoms with Crippen molar-refractivity contribution < 1.29 is 13.5 Å². The summed E-state index contributed by atoms with van der Waals surface area (Å²) in [4.78, 5) is 0. The van der Waals surface area contributed by atoms with Crippen molar-refractivity contribution >= 4 is 0 Å². The summed E-state index contributed by atoms with van der Waals surface area (Å²) >= 11 is 0. The van der Waals surface area contributed by atoms with Gasteiger partial charge in [0.05, 0.1) is 11.6 Å². The van der Waals surface area contributed by atoms with E-state index >= 15 is 0 Å². The van der Waals surface area contributed by atoms with Gasteiger partial charge >= 0.3 is 0 Å². The van der Waals surface area contributed by atoms with Crippen LogP contribution in [0.3, 0.4) is 0 Å². The average molecular weight is 195 g/mol. The van der Waals surface area contributed by atoms with Crippen molar-refractivity contribution in [1.29, 1.82) is 5.26 Å². The number of nitrogens with zero attached hydrogens (tertiary/aromatic N) is 1. The van der Waals surface area contributed by atoms with Crippen molar-refractivity contribution in [3.8, 4) is 11.8 Å². The average Bonchev–Trinajstić information content (AvgIpc) is 2.16. The van der Waals surface area contributed by atoms with Crippen LogP contribution >= 0.6 is 0 Å². The van der Waals surface area contributed by atoms with Gasteiger partial charge in [0.2, 0.25) is 0 Å². The van der Waals surface area contributed by atoms with Crippen molar-refractivity contribution in [3.05, 3.63) is 42.0 Å². The maximum atomic E-state index is 13.1. The fourth-order valence-corrected chi connectivity index (χ4v) is 0.905. The highest BCUT2D eigenvalue weighted by molar-refractivity contribution is 5.37. The van der Waals surface area contributed by atoms with Crippen LogP contribution < -0.4 is 4.74 Å². The van der Waals surface area contributed by atoms with Gasteiger partial charge < -0.3 is 4.74 Å². The van der Waals surface area contributed by atoms with Crippen molar-refractivity contribution in [1.82, 2.24) is 0 Å². The molecule has 1 aromatic rings. The molecule has 72 valence electrons. The lowest BCUT2D eigenvalue weighted by molar-refractivity contribution is 0.321. The molecule has 14 heavy (non-hydrogen) atoms. The Hall–Kier alpha value is -1.89. The van der Waals surface area contributed by atoms with Crippen molar-refractivity contribution in [2.24, 2.45) is 0 Å². The first-order valence-corrected chi connectivity index (χ1v) is 3.82. The summed E-state index contributed by atoms with van der Waals surface area (Å²) in [5, 5.41) is 8.41. The van der Waals surface area contributed by atoms with Crippen LogP contribution in [0, 0.1) is 23.0 Å².